The van der Waals surface area contributed by atoms with Gasteiger partial charge in [0, 0.05) is 5.69 Å². The molecule has 0 heterocycles. The van der Waals surface area contributed by atoms with Gasteiger partial charge in [-0.1, -0.05) is 6.92 Å². The maximum Gasteiger partial charge on any atom is 0.252 e. The number of benzene rings is 2. The molecule has 2 amide bonds. The molecule has 0 bridgehead atoms. The first-order chi connectivity index (χ1) is 14.9. The van der Waals surface area contributed by atoms with Crippen molar-refractivity contribution in [1.29, 1.82) is 0 Å². The molecule has 0 radical (unpaired) electrons. The Morgan fingerprint density at radius 2 is 1.84 bits per heavy atom. The number of methoxy groups -OCH3 is 2. The second-order valence-electron chi connectivity index (χ2n) is 6.56. The number of carbonyl (C=O) groups is 2. The maximum atomic E-state index is 12.3. The minimum Gasteiger partial charge on any atom is -0.497 e. The number of halogens is 1. The minimum atomic E-state index is -0.932. The average Bonchev–Trinajstić information content (AvgIpc) is 2.77. The van der Waals surface area contributed by atoms with E-state index in [0.29, 0.717) is 29.5 Å². The van der Waals surface area contributed by atoms with Crippen LogP contribution in [0, 0.1) is 9.49 Å². The van der Waals surface area contributed by atoms with Crippen LogP contribution in [0.2, 0.25) is 0 Å². The molecule has 9 heteroatoms. The van der Waals surface area contributed by atoms with Crippen LogP contribution in [0.25, 0.3) is 0 Å². The molecule has 2 rings (SSSR count). The van der Waals surface area contributed by atoms with Gasteiger partial charge in [0.2, 0.25) is 5.91 Å². The molecule has 2 aromatic rings. The number of nitrogens with one attached hydrogen (secondary N) is 2. The number of nitrogens with zero attached hydrogens (tertiary/aromatic N) is 1. The predicted octanol–water partition coefficient (Wildman–Crippen LogP) is 3.82. The Hall–Kier alpha value is -2.82. The lowest BCUT2D eigenvalue weighted by molar-refractivity contribution is -0.131. The van der Waals surface area contributed by atoms with Crippen LogP contribution < -0.4 is 25.0 Å². The van der Waals surface area contributed by atoms with Gasteiger partial charge in [-0.3, -0.25) is 9.59 Å². The Bertz CT molecular complexity index is 931. The van der Waals surface area contributed by atoms with E-state index in [4.69, 9.17) is 14.2 Å². The van der Waals surface area contributed by atoms with Crippen molar-refractivity contribution < 1.29 is 23.8 Å². The van der Waals surface area contributed by atoms with E-state index in [1.54, 1.807) is 44.6 Å². The average molecular weight is 539 g/mol. The van der Waals surface area contributed by atoms with Crippen LogP contribution in [0.5, 0.6) is 17.2 Å². The van der Waals surface area contributed by atoms with Crippen molar-refractivity contribution in [3.05, 3.63) is 45.5 Å². The Kier molecular flexibility index (Phi) is 9.57. The quantitative estimate of drug-likeness (QED) is 0.207. The van der Waals surface area contributed by atoms with Crippen molar-refractivity contribution in [3.63, 3.8) is 0 Å². The van der Waals surface area contributed by atoms with Gasteiger partial charge in [-0.05, 0) is 77.9 Å². The number of anilines is 1. The summed E-state index contributed by atoms with van der Waals surface area (Å²) in [6.45, 7) is 4.13. The number of amides is 2. The lowest BCUT2D eigenvalue weighted by Crippen LogP contribution is -2.34. The molecule has 0 saturated carbocycles. The summed E-state index contributed by atoms with van der Waals surface area (Å²) in [5.74, 6) is 0.0433. The molecule has 1 atom stereocenters. The fraction of sp³-hybridized carbons (Fsp3) is 0.318. The van der Waals surface area contributed by atoms with E-state index in [9.17, 15) is 9.59 Å². The highest BCUT2D eigenvalue weighted by molar-refractivity contribution is 14.1. The normalized spacial score (nSPS) is 11.6. The summed E-state index contributed by atoms with van der Waals surface area (Å²) >= 11 is 2.16. The molecule has 2 aromatic carbocycles. The SMILES string of the molecule is CCCOc1c(I)cc(C=NNC(=O)C(C)C(=O)Nc2ccc(OC)cc2)cc1OC. The smallest absolute Gasteiger partial charge is 0.252 e. The maximum absolute atomic E-state index is 12.3. The Labute approximate surface area is 195 Å². The molecule has 0 fully saturated rings. The zero-order valence-corrected chi connectivity index (χ0v) is 20.1. The van der Waals surface area contributed by atoms with Gasteiger partial charge >= 0.3 is 0 Å². The molecular formula is C22H26IN3O5. The molecule has 0 aromatic heterocycles. The van der Waals surface area contributed by atoms with Crippen LogP contribution >= 0.6 is 22.6 Å². The summed E-state index contributed by atoms with van der Waals surface area (Å²) in [5, 5.41) is 6.65. The van der Waals surface area contributed by atoms with Crippen molar-refractivity contribution in [2.24, 2.45) is 11.0 Å². The minimum absolute atomic E-state index is 0.438. The molecular weight excluding hydrogens is 513 g/mol. The number of hydrogen-bond acceptors (Lipinski definition) is 6. The van der Waals surface area contributed by atoms with Crippen LogP contribution in [-0.2, 0) is 9.59 Å². The lowest BCUT2D eigenvalue weighted by Gasteiger charge is -2.13. The van der Waals surface area contributed by atoms with Crippen molar-refractivity contribution in [2.45, 2.75) is 20.3 Å². The number of rotatable bonds is 10. The Morgan fingerprint density at radius 1 is 1.13 bits per heavy atom. The molecule has 0 saturated heterocycles. The number of hydrazone groups is 1. The Morgan fingerprint density at radius 3 is 2.45 bits per heavy atom. The van der Waals surface area contributed by atoms with Gasteiger partial charge in [-0.2, -0.15) is 5.10 Å². The van der Waals surface area contributed by atoms with Gasteiger partial charge in [0.15, 0.2) is 11.5 Å². The summed E-state index contributed by atoms with van der Waals surface area (Å²) in [5.41, 5.74) is 3.69. The first kappa shape index (κ1) is 24.4. The monoisotopic (exact) mass is 539 g/mol. The topological polar surface area (TPSA) is 98.2 Å². The summed E-state index contributed by atoms with van der Waals surface area (Å²) < 4.78 is 17.1. The van der Waals surface area contributed by atoms with Gasteiger partial charge < -0.3 is 19.5 Å². The zero-order valence-electron chi connectivity index (χ0n) is 17.9. The fourth-order valence-corrected chi connectivity index (χ4v) is 3.25. The van der Waals surface area contributed by atoms with Crippen molar-refractivity contribution in [3.8, 4) is 17.2 Å². The molecule has 0 aliphatic carbocycles. The van der Waals surface area contributed by atoms with Crippen molar-refractivity contribution >= 4 is 46.3 Å². The van der Waals surface area contributed by atoms with E-state index in [2.05, 4.69) is 38.4 Å². The largest absolute Gasteiger partial charge is 0.497 e. The predicted molar refractivity (Wildman–Crippen MR) is 128 cm³/mol. The van der Waals surface area contributed by atoms with Crippen LogP contribution in [0.1, 0.15) is 25.8 Å². The molecule has 0 aliphatic heterocycles. The van der Waals surface area contributed by atoms with E-state index in [1.807, 2.05) is 13.0 Å². The number of carbonyl (C=O) groups excluding carboxylic acids is 2. The van der Waals surface area contributed by atoms with E-state index in [0.717, 1.165) is 15.6 Å². The first-order valence-corrected chi connectivity index (χ1v) is 10.8. The number of ether oxygens (including phenoxy) is 3. The third-order valence-electron chi connectivity index (χ3n) is 4.23. The molecule has 166 valence electrons. The van der Waals surface area contributed by atoms with Crippen LogP contribution in [0.3, 0.4) is 0 Å². The fourth-order valence-electron chi connectivity index (χ4n) is 2.47. The van der Waals surface area contributed by atoms with Crippen LogP contribution in [0.4, 0.5) is 5.69 Å². The third kappa shape index (κ3) is 7.12. The molecule has 0 aliphatic rings. The molecule has 2 N–H and O–H groups in total. The summed E-state index contributed by atoms with van der Waals surface area (Å²) in [4.78, 5) is 24.6. The zero-order chi connectivity index (χ0) is 22.8. The molecule has 31 heavy (non-hydrogen) atoms. The summed E-state index contributed by atoms with van der Waals surface area (Å²) in [6.07, 6.45) is 2.37. The molecule has 1 unspecified atom stereocenters. The second-order valence-corrected chi connectivity index (χ2v) is 7.72. The Balaban J connectivity index is 1.97. The molecule has 8 nitrogen and oxygen atoms in total. The highest BCUT2D eigenvalue weighted by Gasteiger charge is 2.21. The first-order valence-electron chi connectivity index (χ1n) is 9.67. The van der Waals surface area contributed by atoms with Gasteiger partial charge in [0.25, 0.3) is 5.91 Å². The summed E-state index contributed by atoms with van der Waals surface area (Å²) in [6, 6.07) is 10.5. The van der Waals surface area contributed by atoms with E-state index < -0.39 is 17.7 Å². The number of hydrogen-bond donors (Lipinski definition) is 2. The van der Waals surface area contributed by atoms with Gasteiger partial charge in [-0.25, -0.2) is 5.43 Å². The van der Waals surface area contributed by atoms with Crippen LogP contribution in [0.15, 0.2) is 41.5 Å². The van der Waals surface area contributed by atoms with Gasteiger partial charge in [-0.15, -0.1) is 0 Å². The second kappa shape index (κ2) is 12.1. The van der Waals surface area contributed by atoms with Crippen LogP contribution in [-0.4, -0.2) is 38.9 Å². The third-order valence-corrected chi connectivity index (χ3v) is 5.04. The van der Waals surface area contributed by atoms with Gasteiger partial charge in [0.05, 0.1) is 30.6 Å². The van der Waals surface area contributed by atoms with Crippen molar-refractivity contribution in [1.82, 2.24) is 5.43 Å². The standard InChI is InChI=1S/C22H26IN3O5/c1-5-10-31-20-18(23)11-15(12-19(20)30-4)13-24-26-22(28)14(2)21(27)25-16-6-8-17(29-3)9-7-16/h6-9,11-14H,5,10H2,1-4H3,(H,25,27)(H,26,28). The highest BCUT2D eigenvalue weighted by Crippen LogP contribution is 2.33. The van der Waals surface area contributed by atoms with E-state index in [1.165, 1.54) is 13.1 Å². The lowest BCUT2D eigenvalue weighted by atomic mass is 10.1. The van der Waals surface area contributed by atoms with Crippen molar-refractivity contribution in [2.75, 3.05) is 26.1 Å². The van der Waals surface area contributed by atoms with E-state index in [-0.39, 0.29) is 0 Å². The molecule has 0 spiro atoms. The van der Waals surface area contributed by atoms with Gasteiger partial charge in [0.1, 0.15) is 11.7 Å². The highest BCUT2D eigenvalue weighted by atomic mass is 127. The summed E-state index contributed by atoms with van der Waals surface area (Å²) in [7, 11) is 3.13. The van der Waals surface area contributed by atoms with E-state index >= 15 is 0 Å².